The van der Waals surface area contributed by atoms with Crippen molar-refractivity contribution in [2.24, 2.45) is 0 Å². The van der Waals surface area contributed by atoms with Gasteiger partial charge in [0.15, 0.2) is 0 Å². The molecule has 0 unspecified atom stereocenters. The van der Waals surface area contributed by atoms with Crippen LogP contribution in [0.25, 0.3) is 0 Å². The first-order valence-corrected chi connectivity index (χ1v) is 9.88. The molecule has 2 N–H and O–H groups in total. The second-order valence-corrected chi connectivity index (χ2v) is 7.43. The lowest BCUT2D eigenvalue weighted by Gasteiger charge is -2.11. The summed E-state index contributed by atoms with van der Waals surface area (Å²) in [6.45, 7) is 4.65. The highest BCUT2D eigenvalue weighted by molar-refractivity contribution is 5.80. The van der Waals surface area contributed by atoms with Gasteiger partial charge in [-0.25, -0.2) is 0 Å². The lowest BCUT2D eigenvalue weighted by Crippen LogP contribution is -2.29. The predicted molar refractivity (Wildman–Crippen MR) is 116 cm³/mol. The van der Waals surface area contributed by atoms with Crippen LogP contribution in [-0.4, -0.2) is 43.5 Å². The van der Waals surface area contributed by atoms with Gasteiger partial charge in [-0.15, -0.1) is 0 Å². The zero-order valence-electron chi connectivity index (χ0n) is 17.7. The van der Waals surface area contributed by atoms with Crippen molar-refractivity contribution in [3.63, 3.8) is 0 Å². The van der Waals surface area contributed by atoms with Crippen molar-refractivity contribution < 1.29 is 14.3 Å². The van der Waals surface area contributed by atoms with E-state index in [0.717, 1.165) is 22.6 Å². The Balaban J connectivity index is 1.71. The Morgan fingerprint density at radius 2 is 1.59 bits per heavy atom. The Morgan fingerprint density at radius 1 is 0.966 bits per heavy atom. The van der Waals surface area contributed by atoms with Crippen LogP contribution in [0.3, 0.4) is 0 Å². The Bertz CT molecular complexity index is 784. The average Bonchev–Trinajstić information content (AvgIpc) is 2.70. The highest BCUT2D eigenvalue weighted by Gasteiger charge is 2.05. The minimum absolute atomic E-state index is 0.0758. The molecule has 0 saturated heterocycles. The molecular weight excluding hydrogens is 366 g/mol. The monoisotopic (exact) mass is 397 g/mol. The lowest BCUT2D eigenvalue weighted by atomic mass is 10.1. The van der Waals surface area contributed by atoms with E-state index in [9.17, 15) is 9.59 Å². The molecule has 0 heterocycles. The normalized spacial score (nSPS) is 10.5. The van der Waals surface area contributed by atoms with E-state index in [1.807, 2.05) is 62.4 Å². The van der Waals surface area contributed by atoms with Gasteiger partial charge in [-0.2, -0.15) is 0 Å². The van der Waals surface area contributed by atoms with E-state index >= 15 is 0 Å². The number of amides is 2. The molecule has 29 heavy (non-hydrogen) atoms. The molecule has 0 aromatic heterocycles. The number of carbonyl (C=O) groups excluding carboxylic acids is 2. The first kappa shape index (κ1) is 22.3. The first-order valence-electron chi connectivity index (χ1n) is 9.88. The van der Waals surface area contributed by atoms with Crippen molar-refractivity contribution in [2.75, 3.05) is 26.0 Å². The molecule has 0 aliphatic carbocycles. The van der Waals surface area contributed by atoms with Crippen LogP contribution in [0.2, 0.25) is 0 Å². The van der Waals surface area contributed by atoms with E-state index in [0.29, 0.717) is 19.4 Å². The summed E-state index contributed by atoms with van der Waals surface area (Å²) in [5.74, 6) is 0.866. The molecule has 2 rings (SSSR count). The van der Waals surface area contributed by atoms with Crippen molar-refractivity contribution in [3.05, 3.63) is 59.7 Å². The van der Waals surface area contributed by atoms with Gasteiger partial charge in [-0.1, -0.05) is 24.3 Å². The summed E-state index contributed by atoms with van der Waals surface area (Å²) in [5, 5.41) is 6.01. The second-order valence-electron chi connectivity index (χ2n) is 7.43. The summed E-state index contributed by atoms with van der Waals surface area (Å²) >= 11 is 0. The zero-order chi connectivity index (χ0) is 21.2. The van der Waals surface area contributed by atoms with E-state index in [1.54, 1.807) is 19.0 Å². The average molecular weight is 398 g/mol. The Morgan fingerprint density at radius 3 is 2.17 bits per heavy atom. The minimum Gasteiger partial charge on any atom is -0.491 e. The van der Waals surface area contributed by atoms with Crippen LogP contribution in [0.15, 0.2) is 48.5 Å². The van der Waals surface area contributed by atoms with Crippen molar-refractivity contribution >= 4 is 17.5 Å². The summed E-state index contributed by atoms with van der Waals surface area (Å²) in [4.78, 5) is 25.3. The molecule has 0 aliphatic heterocycles. The molecule has 0 saturated carbocycles. The topological polar surface area (TPSA) is 70.7 Å². The zero-order valence-corrected chi connectivity index (χ0v) is 17.7. The number of hydrogen-bond donors (Lipinski definition) is 2. The fourth-order valence-corrected chi connectivity index (χ4v) is 2.67. The number of hydrogen-bond acceptors (Lipinski definition) is 4. The maximum absolute atomic E-state index is 12.1. The maximum atomic E-state index is 12.1. The molecular formula is C23H31N3O3. The van der Waals surface area contributed by atoms with Crippen LogP contribution in [0.4, 0.5) is 5.69 Å². The number of nitrogens with zero attached hydrogens (tertiary/aromatic N) is 1. The van der Waals surface area contributed by atoms with Crippen molar-refractivity contribution in [1.82, 2.24) is 10.2 Å². The van der Waals surface area contributed by atoms with Gasteiger partial charge in [0.1, 0.15) is 5.75 Å². The molecule has 2 aromatic carbocycles. The molecule has 0 aliphatic rings. The Labute approximate surface area is 173 Å². The fourth-order valence-electron chi connectivity index (χ4n) is 2.67. The van der Waals surface area contributed by atoms with Gasteiger partial charge in [0.2, 0.25) is 11.8 Å². The molecule has 0 radical (unpaired) electrons. The number of aryl methyl sites for hydroxylation is 1. The van der Waals surface area contributed by atoms with E-state index < -0.39 is 0 Å². The number of rotatable bonds is 10. The number of benzene rings is 2. The third-order valence-corrected chi connectivity index (χ3v) is 4.32. The van der Waals surface area contributed by atoms with Crippen molar-refractivity contribution in [2.45, 2.75) is 39.3 Å². The largest absolute Gasteiger partial charge is 0.491 e. The molecule has 6 heteroatoms. The van der Waals surface area contributed by atoms with Gasteiger partial charge < -0.3 is 20.3 Å². The van der Waals surface area contributed by atoms with Gasteiger partial charge in [0.05, 0.1) is 12.6 Å². The molecule has 2 aromatic rings. The fraction of sp³-hybridized carbons (Fsp3) is 0.391. The molecule has 156 valence electrons. The molecule has 2 amide bonds. The highest BCUT2D eigenvalue weighted by Crippen LogP contribution is 2.14. The van der Waals surface area contributed by atoms with E-state index in [-0.39, 0.29) is 24.5 Å². The van der Waals surface area contributed by atoms with E-state index in [4.69, 9.17) is 4.74 Å². The summed E-state index contributed by atoms with van der Waals surface area (Å²) in [7, 11) is 3.52. The maximum Gasteiger partial charge on any atom is 0.239 e. The van der Waals surface area contributed by atoms with Crippen molar-refractivity contribution in [1.29, 1.82) is 0 Å². The molecule has 0 bridgehead atoms. The van der Waals surface area contributed by atoms with E-state index in [2.05, 4.69) is 10.6 Å². The summed E-state index contributed by atoms with van der Waals surface area (Å²) in [5.41, 5.74) is 2.99. The number of carbonyl (C=O) groups is 2. The number of anilines is 1. The summed E-state index contributed by atoms with van der Waals surface area (Å²) < 4.78 is 5.61. The molecule has 6 nitrogen and oxygen atoms in total. The third kappa shape index (κ3) is 8.25. The van der Waals surface area contributed by atoms with Crippen LogP contribution in [0.5, 0.6) is 5.75 Å². The Hall–Kier alpha value is -3.02. The van der Waals surface area contributed by atoms with Crippen LogP contribution in [0, 0.1) is 0 Å². The summed E-state index contributed by atoms with van der Waals surface area (Å²) in [6.07, 6.45) is 1.34. The highest BCUT2D eigenvalue weighted by atomic mass is 16.5. The SMILES string of the molecule is CC(C)Oc1ccc(CNC(=O)CNc2ccc(CCC(=O)N(C)C)cc2)cc1. The second kappa shape index (κ2) is 11.1. The third-order valence-electron chi connectivity index (χ3n) is 4.32. The Kier molecular flexibility index (Phi) is 8.52. The molecule has 0 atom stereocenters. The van der Waals surface area contributed by atoms with Crippen LogP contribution in [0.1, 0.15) is 31.4 Å². The number of nitrogens with one attached hydrogen (secondary N) is 2. The van der Waals surface area contributed by atoms with Crippen LogP contribution >= 0.6 is 0 Å². The van der Waals surface area contributed by atoms with Gasteiger partial charge in [0, 0.05) is 32.7 Å². The lowest BCUT2D eigenvalue weighted by molar-refractivity contribution is -0.128. The molecule has 0 spiro atoms. The standard InChI is InChI=1S/C23H31N3O3/c1-17(2)29-21-12-7-19(8-13-21)15-25-22(27)16-24-20-10-5-18(6-11-20)9-14-23(28)26(3)4/h5-8,10-13,17,24H,9,14-16H2,1-4H3,(H,25,27). The van der Waals surface area contributed by atoms with Gasteiger partial charge in [0.25, 0.3) is 0 Å². The van der Waals surface area contributed by atoms with Gasteiger partial charge >= 0.3 is 0 Å². The predicted octanol–water partition coefficient (Wildman–Crippen LogP) is 3.22. The minimum atomic E-state index is -0.0758. The van der Waals surface area contributed by atoms with Crippen LogP contribution in [-0.2, 0) is 22.6 Å². The van der Waals surface area contributed by atoms with Crippen molar-refractivity contribution in [3.8, 4) is 5.75 Å². The quantitative estimate of drug-likeness (QED) is 0.646. The summed E-state index contributed by atoms with van der Waals surface area (Å²) in [6, 6.07) is 15.5. The number of ether oxygens (including phenoxy) is 1. The first-order chi connectivity index (χ1) is 13.8. The van der Waals surface area contributed by atoms with Crippen LogP contribution < -0.4 is 15.4 Å². The van der Waals surface area contributed by atoms with E-state index in [1.165, 1.54) is 0 Å². The van der Waals surface area contributed by atoms with Gasteiger partial charge in [-0.3, -0.25) is 9.59 Å². The van der Waals surface area contributed by atoms with Gasteiger partial charge in [-0.05, 0) is 55.7 Å². The smallest absolute Gasteiger partial charge is 0.239 e. The molecule has 0 fully saturated rings.